The predicted octanol–water partition coefficient (Wildman–Crippen LogP) is 12.9. The van der Waals surface area contributed by atoms with Crippen molar-refractivity contribution in [2.24, 2.45) is 0 Å². The first kappa shape index (κ1) is 30.6. The molecule has 1 aliphatic rings. The highest BCUT2D eigenvalue weighted by Gasteiger charge is 2.35. The van der Waals surface area contributed by atoms with Crippen molar-refractivity contribution in [3.63, 3.8) is 0 Å². The van der Waals surface area contributed by atoms with Crippen LogP contribution in [-0.2, 0) is 5.41 Å². The van der Waals surface area contributed by atoms with Gasteiger partial charge in [-0.05, 0) is 62.7 Å². The first-order valence-corrected chi connectivity index (χ1v) is 18.5. The summed E-state index contributed by atoms with van der Waals surface area (Å²) in [4.78, 5) is 15.9. The molecule has 0 unspecified atom stereocenters. The van der Waals surface area contributed by atoms with E-state index < -0.39 is 0 Å². The van der Waals surface area contributed by atoms with Gasteiger partial charge in [-0.3, -0.25) is 0 Å². The van der Waals surface area contributed by atoms with Gasteiger partial charge in [-0.1, -0.05) is 159 Å². The van der Waals surface area contributed by atoms with Crippen LogP contribution in [0.5, 0.6) is 0 Å². The lowest BCUT2D eigenvalue weighted by Gasteiger charge is -2.21. The minimum atomic E-state index is -0.0538. The summed E-state index contributed by atoms with van der Waals surface area (Å²) in [6.07, 6.45) is 0. The van der Waals surface area contributed by atoms with Crippen molar-refractivity contribution in [3.05, 3.63) is 175 Å². The molecule has 52 heavy (non-hydrogen) atoms. The van der Waals surface area contributed by atoms with E-state index in [0.29, 0.717) is 17.5 Å². The zero-order chi connectivity index (χ0) is 34.8. The minimum Gasteiger partial charge on any atom is -0.208 e. The number of hydrogen-bond donors (Lipinski definition) is 0. The van der Waals surface area contributed by atoms with Crippen molar-refractivity contribution >= 4 is 31.5 Å². The maximum absolute atomic E-state index is 5.32. The quantitative estimate of drug-likeness (QED) is 0.181. The molecule has 0 radical (unpaired) electrons. The van der Waals surface area contributed by atoms with Crippen LogP contribution in [-0.4, -0.2) is 15.0 Å². The van der Waals surface area contributed by atoms with Crippen molar-refractivity contribution in [1.29, 1.82) is 0 Å². The molecule has 0 saturated heterocycles. The Morgan fingerprint density at radius 3 is 1.63 bits per heavy atom. The van der Waals surface area contributed by atoms with Gasteiger partial charge in [0.1, 0.15) is 0 Å². The van der Waals surface area contributed by atoms with Gasteiger partial charge < -0.3 is 0 Å². The number of fused-ring (bicyclic) bond motifs is 6. The van der Waals surface area contributed by atoms with Crippen LogP contribution in [0.1, 0.15) is 25.0 Å². The van der Waals surface area contributed by atoms with Gasteiger partial charge in [-0.25, -0.2) is 15.0 Å². The second kappa shape index (κ2) is 11.9. The third kappa shape index (κ3) is 4.83. The summed E-state index contributed by atoms with van der Waals surface area (Å²) in [5.74, 6) is 1.97. The van der Waals surface area contributed by atoms with Gasteiger partial charge in [0.05, 0.1) is 0 Å². The molecule has 0 aliphatic heterocycles. The molecule has 246 valence electrons. The number of aromatic nitrogens is 3. The Morgan fingerprint density at radius 2 is 0.904 bits per heavy atom. The molecule has 0 bridgehead atoms. The highest BCUT2D eigenvalue weighted by Crippen LogP contribution is 2.50. The summed E-state index contributed by atoms with van der Waals surface area (Å²) in [7, 11) is 0. The van der Waals surface area contributed by atoms with Crippen molar-refractivity contribution in [2.45, 2.75) is 19.3 Å². The van der Waals surface area contributed by atoms with Gasteiger partial charge in [0.25, 0.3) is 0 Å². The summed E-state index contributed by atoms with van der Waals surface area (Å²) in [6, 6.07) is 58.2. The summed E-state index contributed by atoms with van der Waals surface area (Å²) in [6.45, 7) is 4.65. The van der Waals surface area contributed by atoms with Gasteiger partial charge >= 0.3 is 0 Å². The molecular formula is C48H33N3S. The Bertz CT molecular complexity index is 2830. The van der Waals surface area contributed by atoms with E-state index in [-0.39, 0.29) is 5.41 Å². The summed E-state index contributed by atoms with van der Waals surface area (Å²) >= 11 is 1.79. The van der Waals surface area contributed by atoms with Crippen molar-refractivity contribution in [3.8, 4) is 67.5 Å². The van der Waals surface area contributed by atoms with Crippen molar-refractivity contribution < 1.29 is 0 Å². The molecular weight excluding hydrogens is 651 g/mol. The summed E-state index contributed by atoms with van der Waals surface area (Å²) < 4.78 is 2.43. The predicted molar refractivity (Wildman–Crippen MR) is 217 cm³/mol. The number of thiophene rings is 1. The van der Waals surface area contributed by atoms with Crippen LogP contribution in [0, 0.1) is 0 Å². The number of hydrogen-bond acceptors (Lipinski definition) is 4. The standard InChI is InChI=1S/C48H33N3S/c1-48(2)41-25-12-10-19-34(41)40-29-31(27-28-42(40)48)33-18-7-9-22-38(33)46-49-45(37-21-8-6-17-32(37)30-15-4-3-5-16-30)50-47(51-46)39-24-14-23-36-35-20-11-13-26-43(35)52-44(36)39/h3-29H,1-2H3. The van der Waals surface area contributed by atoms with Crippen LogP contribution in [0.4, 0.5) is 0 Å². The molecule has 7 aromatic carbocycles. The third-order valence-electron chi connectivity index (χ3n) is 10.6. The molecule has 2 heterocycles. The number of benzene rings is 7. The lowest BCUT2D eigenvalue weighted by molar-refractivity contribution is 0.660. The smallest absolute Gasteiger partial charge is 0.165 e. The van der Waals surface area contributed by atoms with Crippen LogP contribution in [0.25, 0.3) is 87.7 Å². The van der Waals surface area contributed by atoms with E-state index in [4.69, 9.17) is 15.0 Å². The van der Waals surface area contributed by atoms with Crippen LogP contribution < -0.4 is 0 Å². The zero-order valence-corrected chi connectivity index (χ0v) is 29.7. The van der Waals surface area contributed by atoms with Crippen LogP contribution in [0.15, 0.2) is 164 Å². The van der Waals surface area contributed by atoms with Crippen LogP contribution >= 0.6 is 11.3 Å². The normalized spacial score (nSPS) is 13.0. The molecule has 2 aromatic heterocycles. The van der Waals surface area contributed by atoms with E-state index >= 15 is 0 Å². The molecule has 0 saturated carbocycles. The fourth-order valence-corrected chi connectivity index (χ4v) is 9.24. The molecule has 0 fully saturated rings. The molecule has 3 nitrogen and oxygen atoms in total. The Labute approximate surface area is 307 Å². The topological polar surface area (TPSA) is 38.7 Å². The maximum atomic E-state index is 5.32. The Balaban J connectivity index is 1.21. The Kier molecular flexibility index (Phi) is 7.02. The average Bonchev–Trinajstić information content (AvgIpc) is 3.70. The Hall–Kier alpha value is -6.23. The van der Waals surface area contributed by atoms with E-state index in [2.05, 4.69) is 172 Å². The molecule has 4 heteroatoms. The van der Waals surface area contributed by atoms with Gasteiger partial charge in [0.15, 0.2) is 17.5 Å². The molecule has 0 amide bonds. The fraction of sp³-hybridized carbons (Fsp3) is 0.0625. The maximum Gasteiger partial charge on any atom is 0.165 e. The molecule has 9 aromatic rings. The fourth-order valence-electron chi connectivity index (χ4n) is 8.03. The highest BCUT2D eigenvalue weighted by atomic mass is 32.1. The van der Waals surface area contributed by atoms with Gasteiger partial charge in [-0.15, -0.1) is 11.3 Å². The van der Waals surface area contributed by atoms with E-state index in [1.54, 1.807) is 11.3 Å². The average molecular weight is 684 g/mol. The number of rotatable bonds is 5. The molecule has 0 atom stereocenters. The molecule has 10 rings (SSSR count). The first-order valence-electron chi connectivity index (χ1n) is 17.7. The van der Waals surface area contributed by atoms with E-state index in [0.717, 1.165) is 38.9 Å². The largest absolute Gasteiger partial charge is 0.208 e. The van der Waals surface area contributed by atoms with E-state index in [1.165, 1.54) is 42.4 Å². The van der Waals surface area contributed by atoms with Gasteiger partial charge in [0.2, 0.25) is 0 Å². The third-order valence-corrected chi connectivity index (χ3v) is 11.8. The second-order valence-corrected chi connectivity index (χ2v) is 15.0. The highest BCUT2D eigenvalue weighted by molar-refractivity contribution is 7.26. The second-order valence-electron chi connectivity index (χ2n) is 14.0. The zero-order valence-electron chi connectivity index (χ0n) is 28.8. The first-order chi connectivity index (χ1) is 25.5. The van der Waals surface area contributed by atoms with Gasteiger partial charge in [0, 0.05) is 42.3 Å². The summed E-state index contributed by atoms with van der Waals surface area (Å²) in [5, 5.41) is 2.47. The lowest BCUT2D eigenvalue weighted by atomic mass is 9.82. The molecule has 0 N–H and O–H groups in total. The SMILES string of the molecule is CC1(C)c2ccccc2-c2cc(-c3ccccc3-c3nc(-c4ccccc4-c4ccccc4)nc(-c4cccc5c4sc4ccccc45)n3)ccc21. The Morgan fingerprint density at radius 1 is 0.385 bits per heavy atom. The lowest BCUT2D eigenvalue weighted by Crippen LogP contribution is -2.14. The monoisotopic (exact) mass is 683 g/mol. The minimum absolute atomic E-state index is 0.0538. The van der Waals surface area contributed by atoms with Crippen molar-refractivity contribution in [2.75, 3.05) is 0 Å². The molecule has 1 aliphatic carbocycles. The van der Waals surface area contributed by atoms with Crippen LogP contribution in [0.3, 0.4) is 0 Å². The number of nitrogens with zero attached hydrogens (tertiary/aromatic N) is 3. The van der Waals surface area contributed by atoms with Crippen molar-refractivity contribution in [1.82, 2.24) is 15.0 Å². The van der Waals surface area contributed by atoms with Crippen LogP contribution in [0.2, 0.25) is 0 Å². The van der Waals surface area contributed by atoms with E-state index in [9.17, 15) is 0 Å². The molecule has 0 spiro atoms. The summed E-state index contributed by atoms with van der Waals surface area (Å²) in [5.41, 5.74) is 12.6. The van der Waals surface area contributed by atoms with E-state index in [1.807, 2.05) is 6.07 Å². The van der Waals surface area contributed by atoms with Gasteiger partial charge in [-0.2, -0.15) is 0 Å².